The van der Waals surface area contributed by atoms with Crippen molar-refractivity contribution in [1.29, 1.82) is 0 Å². The Labute approximate surface area is 66.0 Å². The summed E-state index contributed by atoms with van der Waals surface area (Å²) in [5.41, 5.74) is 5.34. The molecule has 0 unspecified atom stereocenters. The predicted molar refractivity (Wildman–Crippen MR) is 42.5 cm³/mol. The Hall–Kier alpha value is -1.03. The zero-order valence-corrected chi connectivity index (χ0v) is 6.66. The summed E-state index contributed by atoms with van der Waals surface area (Å²) in [6.45, 7) is 1.56. The maximum Gasteiger partial charge on any atom is 0.156 e. The molecule has 11 heavy (non-hydrogen) atoms. The third kappa shape index (κ3) is 2.23. The molecule has 62 valence electrons. The second-order valence-electron chi connectivity index (χ2n) is 2.29. The summed E-state index contributed by atoms with van der Waals surface area (Å²) in [7, 11) is 1.63. The fourth-order valence-electron chi connectivity index (χ4n) is 0.826. The SMILES string of the molecule is COc1cnn(CCCN)c1. The lowest BCUT2D eigenvalue weighted by atomic mass is 10.4. The van der Waals surface area contributed by atoms with Gasteiger partial charge in [-0.15, -0.1) is 0 Å². The first-order chi connectivity index (χ1) is 5.36. The number of ether oxygens (including phenoxy) is 1. The van der Waals surface area contributed by atoms with Gasteiger partial charge in [0.25, 0.3) is 0 Å². The van der Waals surface area contributed by atoms with Gasteiger partial charge in [0.2, 0.25) is 0 Å². The average Bonchev–Trinajstić information content (AvgIpc) is 2.48. The molecule has 0 fully saturated rings. The molecule has 0 atom stereocenters. The highest BCUT2D eigenvalue weighted by Crippen LogP contribution is 2.06. The molecule has 4 heteroatoms. The molecule has 0 saturated heterocycles. The molecule has 0 bridgehead atoms. The normalized spacial score (nSPS) is 10.0. The Morgan fingerprint density at radius 3 is 3.09 bits per heavy atom. The number of methoxy groups -OCH3 is 1. The summed E-state index contributed by atoms with van der Waals surface area (Å²) in [6, 6.07) is 0. The number of nitrogens with two attached hydrogens (primary N) is 1. The standard InChI is InChI=1S/C7H13N3O/c1-11-7-5-9-10(6-7)4-2-3-8/h5-6H,2-4,8H2,1H3. The third-order valence-corrected chi connectivity index (χ3v) is 1.44. The second-order valence-corrected chi connectivity index (χ2v) is 2.29. The molecule has 0 spiro atoms. The first-order valence-corrected chi connectivity index (χ1v) is 3.63. The largest absolute Gasteiger partial charge is 0.493 e. The summed E-state index contributed by atoms with van der Waals surface area (Å²) in [4.78, 5) is 0. The van der Waals surface area contributed by atoms with Crippen molar-refractivity contribution in [1.82, 2.24) is 9.78 Å². The van der Waals surface area contributed by atoms with E-state index in [2.05, 4.69) is 5.10 Å². The lowest BCUT2D eigenvalue weighted by Crippen LogP contribution is -2.05. The molecule has 0 aliphatic carbocycles. The van der Waals surface area contributed by atoms with E-state index in [1.165, 1.54) is 0 Å². The first-order valence-electron chi connectivity index (χ1n) is 3.63. The summed E-state index contributed by atoms with van der Waals surface area (Å²) in [6.07, 6.45) is 4.50. The number of nitrogens with zero attached hydrogens (tertiary/aromatic N) is 2. The van der Waals surface area contributed by atoms with Crippen molar-refractivity contribution >= 4 is 0 Å². The van der Waals surface area contributed by atoms with Crippen LogP contribution in [0.5, 0.6) is 5.75 Å². The minimum absolute atomic E-state index is 0.697. The van der Waals surface area contributed by atoms with Crippen molar-refractivity contribution in [2.75, 3.05) is 13.7 Å². The number of hydrogen-bond acceptors (Lipinski definition) is 3. The van der Waals surface area contributed by atoms with E-state index in [4.69, 9.17) is 10.5 Å². The van der Waals surface area contributed by atoms with E-state index in [0.29, 0.717) is 6.54 Å². The first kappa shape index (κ1) is 8.07. The Kier molecular flexibility index (Phi) is 2.92. The Morgan fingerprint density at radius 1 is 1.73 bits per heavy atom. The molecular formula is C7H13N3O. The van der Waals surface area contributed by atoms with E-state index in [0.717, 1.165) is 18.7 Å². The maximum atomic E-state index is 5.34. The molecule has 0 amide bonds. The topological polar surface area (TPSA) is 53.1 Å². The molecule has 0 radical (unpaired) electrons. The Morgan fingerprint density at radius 2 is 2.55 bits per heavy atom. The van der Waals surface area contributed by atoms with E-state index < -0.39 is 0 Å². The molecule has 0 aromatic carbocycles. The quantitative estimate of drug-likeness (QED) is 0.677. The fourth-order valence-corrected chi connectivity index (χ4v) is 0.826. The van der Waals surface area contributed by atoms with Crippen molar-refractivity contribution in [2.45, 2.75) is 13.0 Å². The van der Waals surface area contributed by atoms with Gasteiger partial charge in [-0.1, -0.05) is 0 Å². The molecule has 2 N–H and O–H groups in total. The molecule has 1 heterocycles. The van der Waals surface area contributed by atoms with Gasteiger partial charge in [0.05, 0.1) is 19.5 Å². The molecule has 1 aromatic rings. The number of hydrogen-bond donors (Lipinski definition) is 1. The van der Waals surface area contributed by atoms with E-state index in [1.807, 2.05) is 10.9 Å². The van der Waals surface area contributed by atoms with E-state index in [9.17, 15) is 0 Å². The molecule has 4 nitrogen and oxygen atoms in total. The van der Waals surface area contributed by atoms with Crippen molar-refractivity contribution in [3.8, 4) is 5.75 Å². The van der Waals surface area contributed by atoms with Gasteiger partial charge < -0.3 is 10.5 Å². The van der Waals surface area contributed by atoms with Crippen LogP contribution in [0.25, 0.3) is 0 Å². The molecular weight excluding hydrogens is 142 g/mol. The van der Waals surface area contributed by atoms with E-state index in [1.54, 1.807) is 13.3 Å². The highest BCUT2D eigenvalue weighted by atomic mass is 16.5. The second kappa shape index (κ2) is 3.98. The van der Waals surface area contributed by atoms with E-state index in [-0.39, 0.29) is 0 Å². The molecule has 1 rings (SSSR count). The van der Waals surface area contributed by atoms with Gasteiger partial charge in [0.1, 0.15) is 0 Å². The van der Waals surface area contributed by atoms with Crippen molar-refractivity contribution in [2.24, 2.45) is 5.73 Å². The maximum absolute atomic E-state index is 5.34. The van der Waals surface area contributed by atoms with Crippen LogP contribution >= 0.6 is 0 Å². The van der Waals surface area contributed by atoms with Crippen LogP contribution in [0.3, 0.4) is 0 Å². The monoisotopic (exact) mass is 155 g/mol. The Bertz CT molecular complexity index is 209. The molecule has 1 aromatic heterocycles. The summed E-state index contributed by atoms with van der Waals surface area (Å²) in [5, 5.41) is 4.06. The highest BCUT2D eigenvalue weighted by molar-refractivity contribution is 5.10. The van der Waals surface area contributed by atoms with Crippen LogP contribution in [0.2, 0.25) is 0 Å². The van der Waals surface area contributed by atoms with Gasteiger partial charge in [-0.3, -0.25) is 4.68 Å². The van der Waals surface area contributed by atoms with Crippen LogP contribution in [0.15, 0.2) is 12.4 Å². The molecule has 0 aliphatic heterocycles. The van der Waals surface area contributed by atoms with Crippen LogP contribution in [-0.4, -0.2) is 23.4 Å². The number of rotatable bonds is 4. The van der Waals surface area contributed by atoms with Crippen molar-refractivity contribution in [3.63, 3.8) is 0 Å². The summed E-state index contributed by atoms with van der Waals surface area (Å²) >= 11 is 0. The summed E-state index contributed by atoms with van der Waals surface area (Å²) in [5.74, 6) is 0.794. The van der Waals surface area contributed by atoms with Crippen LogP contribution in [0.1, 0.15) is 6.42 Å². The fraction of sp³-hybridized carbons (Fsp3) is 0.571. The summed E-state index contributed by atoms with van der Waals surface area (Å²) < 4.78 is 6.79. The lowest BCUT2D eigenvalue weighted by Gasteiger charge is -1.96. The van der Waals surface area contributed by atoms with Gasteiger partial charge in [-0.2, -0.15) is 5.10 Å². The van der Waals surface area contributed by atoms with Crippen LogP contribution in [-0.2, 0) is 6.54 Å². The third-order valence-electron chi connectivity index (χ3n) is 1.44. The predicted octanol–water partition coefficient (Wildman–Crippen LogP) is 0.241. The van der Waals surface area contributed by atoms with Crippen LogP contribution in [0, 0.1) is 0 Å². The molecule has 0 aliphatic rings. The zero-order valence-electron chi connectivity index (χ0n) is 6.66. The minimum atomic E-state index is 0.697. The van der Waals surface area contributed by atoms with Gasteiger partial charge in [0.15, 0.2) is 5.75 Å². The number of aromatic nitrogens is 2. The minimum Gasteiger partial charge on any atom is -0.493 e. The highest BCUT2D eigenvalue weighted by Gasteiger charge is 1.95. The number of aryl methyl sites for hydroxylation is 1. The zero-order chi connectivity index (χ0) is 8.10. The van der Waals surface area contributed by atoms with Crippen LogP contribution < -0.4 is 10.5 Å². The molecule has 0 saturated carbocycles. The van der Waals surface area contributed by atoms with Crippen molar-refractivity contribution in [3.05, 3.63) is 12.4 Å². The average molecular weight is 155 g/mol. The lowest BCUT2D eigenvalue weighted by molar-refractivity contribution is 0.413. The van der Waals surface area contributed by atoms with Gasteiger partial charge in [0, 0.05) is 6.54 Å². The van der Waals surface area contributed by atoms with Gasteiger partial charge >= 0.3 is 0 Å². The van der Waals surface area contributed by atoms with E-state index >= 15 is 0 Å². The van der Waals surface area contributed by atoms with Crippen LogP contribution in [0.4, 0.5) is 0 Å². The smallest absolute Gasteiger partial charge is 0.156 e. The Balaban J connectivity index is 2.44. The van der Waals surface area contributed by atoms with Gasteiger partial charge in [-0.05, 0) is 13.0 Å². The van der Waals surface area contributed by atoms with Gasteiger partial charge in [-0.25, -0.2) is 0 Å². The van der Waals surface area contributed by atoms with Crippen molar-refractivity contribution < 1.29 is 4.74 Å².